The molecule has 1 heterocycles. The van der Waals surface area contributed by atoms with Gasteiger partial charge in [-0.15, -0.1) is 11.6 Å². The van der Waals surface area contributed by atoms with E-state index < -0.39 is 0 Å². The first-order valence-electron chi connectivity index (χ1n) is 5.15. The Morgan fingerprint density at radius 2 is 2.21 bits per heavy atom. The van der Waals surface area contributed by atoms with Crippen molar-refractivity contribution >= 4 is 17.5 Å². The number of nitrogens with zero attached hydrogens (tertiary/aromatic N) is 3. The van der Waals surface area contributed by atoms with E-state index in [-0.39, 0.29) is 0 Å². The van der Waals surface area contributed by atoms with Gasteiger partial charge in [0.1, 0.15) is 0 Å². The third kappa shape index (κ3) is 2.64. The van der Waals surface area contributed by atoms with E-state index in [9.17, 15) is 0 Å². The second-order valence-electron chi connectivity index (χ2n) is 3.19. The van der Waals surface area contributed by atoms with E-state index in [2.05, 4.69) is 28.3 Å². The van der Waals surface area contributed by atoms with Gasteiger partial charge >= 0.3 is 0 Å². The Labute approximate surface area is 90.7 Å². The van der Waals surface area contributed by atoms with Gasteiger partial charge < -0.3 is 9.47 Å². The molecule has 0 aliphatic heterocycles. The molecule has 0 amide bonds. The van der Waals surface area contributed by atoms with Crippen molar-refractivity contribution in [3.8, 4) is 0 Å². The highest BCUT2D eigenvalue weighted by Gasteiger charge is 2.09. The lowest BCUT2D eigenvalue weighted by Gasteiger charge is -2.22. The SMILES string of the molecule is CCCN(CCCl)c1nccn1CC. The van der Waals surface area contributed by atoms with Crippen molar-refractivity contribution < 1.29 is 0 Å². The number of rotatable bonds is 6. The molecule has 1 aromatic heterocycles. The molecule has 0 saturated carbocycles. The molecule has 0 aliphatic rings. The Morgan fingerprint density at radius 3 is 2.79 bits per heavy atom. The molecule has 1 aromatic rings. The zero-order valence-electron chi connectivity index (χ0n) is 8.91. The van der Waals surface area contributed by atoms with Crippen LogP contribution >= 0.6 is 11.6 Å². The van der Waals surface area contributed by atoms with Crippen LogP contribution in [0, 0.1) is 0 Å². The third-order valence-corrected chi connectivity index (χ3v) is 2.33. The minimum absolute atomic E-state index is 0.649. The molecule has 14 heavy (non-hydrogen) atoms. The Balaban J connectivity index is 2.75. The van der Waals surface area contributed by atoms with Crippen molar-refractivity contribution in [1.82, 2.24) is 9.55 Å². The molecule has 0 saturated heterocycles. The lowest BCUT2D eigenvalue weighted by atomic mass is 10.4. The van der Waals surface area contributed by atoms with Crippen LogP contribution in [0.25, 0.3) is 0 Å². The van der Waals surface area contributed by atoms with Crippen LogP contribution in [0.15, 0.2) is 12.4 Å². The summed E-state index contributed by atoms with van der Waals surface area (Å²) in [5.41, 5.74) is 0. The average molecular weight is 216 g/mol. The predicted octanol–water partition coefficient (Wildman–Crippen LogP) is 2.36. The number of alkyl halides is 1. The summed E-state index contributed by atoms with van der Waals surface area (Å²) in [5, 5.41) is 0. The quantitative estimate of drug-likeness (QED) is 0.680. The lowest BCUT2D eigenvalue weighted by molar-refractivity contribution is 0.693. The zero-order chi connectivity index (χ0) is 10.4. The molecule has 0 bridgehead atoms. The highest BCUT2D eigenvalue weighted by atomic mass is 35.5. The number of hydrogen-bond donors (Lipinski definition) is 0. The monoisotopic (exact) mass is 215 g/mol. The molecule has 0 unspecified atom stereocenters. The maximum Gasteiger partial charge on any atom is 0.205 e. The first kappa shape index (κ1) is 11.4. The molecule has 0 aromatic carbocycles. The number of anilines is 1. The summed E-state index contributed by atoms with van der Waals surface area (Å²) >= 11 is 5.77. The molecule has 0 N–H and O–H groups in total. The first-order chi connectivity index (χ1) is 6.83. The molecule has 0 fully saturated rings. The van der Waals surface area contributed by atoms with Crippen LogP contribution in [0.5, 0.6) is 0 Å². The zero-order valence-corrected chi connectivity index (χ0v) is 9.67. The summed E-state index contributed by atoms with van der Waals surface area (Å²) in [6.07, 6.45) is 4.97. The molecule has 4 heteroatoms. The van der Waals surface area contributed by atoms with Crippen molar-refractivity contribution in [1.29, 1.82) is 0 Å². The number of aromatic nitrogens is 2. The predicted molar refractivity (Wildman–Crippen MR) is 61.1 cm³/mol. The Hall–Kier alpha value is -0.700. The molecule has 0 spiro atoms. The molecule has 3 nitrogen and oxygen atoms in total. The summed E-state index contributed by atoms with van der Waals surface area (Å²) < 4.78 is 2.14. The molecular formula is C10H18ClN3. The number of halogens is 1. The summed E-state index contributed by atoms with van der Waals surface area (Å²) in [4.78, 5) is 6.59. The fourth-order valence-electron chi connectivity index (χ4n) is 1.52. The van der Waals surface area contributed by atoms with Gasteiger partial charge in [-0.05, 0) is 13.3 Å². The smallest absolute Gasteiger partial charge is 0.205 e. The first-order valence-corrected chi connectivity index (χ1v) is 5.69. The van der Waals surface area contributed by atoms with E-state index in [0.717, 1.165) is 32.0 Å². The summed E-state index contributed by atoms with van der Waals surface area (Å²) in [7, 11) is 0. The van der Waals surface area contributed by atoms with Crippen molar-refractivity contribution in [3.05, 3.63) is 12.4 Å². The average Bonchev–Trinajstić information content (AvgIpc) is 2.65. The van der Waals surface area contributed by atoms with Crippen molar-refractivity contribution in [3.63, 3.8) is 0 Å². The van der Waals surface area contributed by atoms with Gasteiger partial charge in [0.25, 0.3) is 0 Å². The highest BCUT2D eigenvalue weighted by Crippen LogP contribution is 2.11. The van der Waals surface area contributed by atoms with Crippen LogP contribution in [0.1, 0.15) is 20.3 Å². The van der Waals surface area contributed by atoms with Crippen LogP contribution < -0.4 is 4.90 Å². The van der Waals surface area contributed by atoms with Crippen LogP contribution in [0.3, 0.4) is 0 Å². The Morgan fingerprint density at radius 1 is 1.43 bits per heavy atom. The molecule has 80 valence electrons. The standard InChI is InChI=1S/C10H18ClN3/c1-3-7-14(8-5-11)10-12-6-9-13(10)4-2/h6,9H,3-5,7-8H2,1-2H3. The van der Waals surface area contributed by atoms with Crippen molar-refractivity contribution in [2.45, 2.75) is 26.8 Å². The maximum absolute atomic E-state index is 5.77. The summed E-state index contributed by atoms with van der Waals surface area (Å²) in [6.45, 7) is 7.13. The fourth-order valence-corrected chi connectivity index (χ4v) is 1.72. The second-order valence-corrected chi connectivity index (χ2v) is 3.57. The van der Waals surface area contributed by atoms with E-state index >= 15 is 0 Å². The molecule has 0 radical (unpaired) electrons. The van der Waals surface area contributed by atoms with Crippen LogP contribution in [0.4, 0.5) is 5.95 Å². The van der Waals surface area contributed by atoms with Gasteiger partial charge in [-0.3, -0.25) is 0 Å². The highest BCUT2D eigenvalue weighted by molar-refractivity contribution is 6.18. The number of imidazole rings is 1. The Bertz CT molecular complexity index is 254. The summed E-state index contributed by atoms with van der Waals surface area (Å²) in [5.74, 6) is 1.69. The van der Waals surface area contributed by atoms with E-state index in [4.69, 9.17) is 11.6 Å². The van der Waals surface area contributed by atoms with Crippen LogP contribution in [0.2, 0.25) is 0 Å². The molecule has 0 aliphatic carbocycles. The van der Waals surface area contributed by atoms with Crippen molar-refractivity contribution in [2.75, 3.05) is 23.9 Å². The van der Waals surface area contributed by atoms with Gasteiger partial charge in [0.15, 0.2) is 0 Å². The summed E-state index contributed by atoms with van der Waals surface area (Å²) in [6, 6.07) is 0. The maximum atomic E-state index is 5.77. The second kappa shape index (κ2) is 5.91. The van der Waals surface area contributed by atoms with Gasteiger partial charge in [0, 0.05) is 37.9 Å². The number of hydrogen-bond acceptors (Lipinski definition) is 2. The van der Waals surface area contributed by atoms with Gasteiger partial charge in [-0.1, -0.05) is 6.92 Å². The van der Waals surface area contributed by atoms with Crippen LogP contribution in [-0.2, 0) is 6.54 Å². The van der Waals surface area contributed by atoms with Gasteiger partial charge in [0.2, 0.25) is 5.95 Å². The van der Waals surface area contributed by atoms with E-state index in [1.807, 2.05) is 12.4 Å². The molecule has 0 atom stereocenters. The lowest BCUT2D eigenvalue weighted by Crippen LogP contribution is -2.29. The fraction of sp³-hybridized carbons (Fsp3) is 0.700. The van der Waals surface area contributed by atoms with E-state index in [1.165, 1.54) is 0 Å². The van der Waals surface area contributed by atoms with E-state index in [1.54, 1.807) is 0 Å². The molecular weight excluding hydrogens is 198 g/mol. The van der Waals surface area contributed by atoms with Gasteiger partial charge in [-0.2, -0.15) is 0 Å². The number of aryl methyl sites for hydroxylation is 1. The largest absolute Gasteiger partial charge is 0.341 e. The van der Waals surface area contributed by atoms with E-state index in [0.29, 0.717) is 5.88 Å². The minimum atomic E-state index is 0.649. The van der Waals surface area contributed by atoms with Crippen LogP contribution in [-0.4, -0.2) is 28.5 Å². The Kier molecular flexibility index (Phi) is 4.80. The molecule has 1 rings (SSSR count). The van der Waals surface area contributed by atoms with Crippen molar-refractivity contribution in [2.24, 2.45) is 0 Å². The minimum Gasteiger partial charge on any atom is -0.341 e. The van der Waals surface area contributed by atoms with Gasteiger partial charge in [-0.25, -0.2) is 4.98 Å². The van der Waals surface area contributed by atoms with Gasteiger partial charge in [0.05, 0.1) is 0 Å². The normalized spacial score (nSPS) is 10.5. The topological polar surface area (TPSA) is 21.1 Å². The third-order valence-electron chi connectivity index (χ3n) is 2.16.